The quantitative estimate of drug-likeness (QED) is 0.372. The topological polar surface area (TPSA) is 3.24 Å². The third kappa shape index (κ3) is 4.12. The summed E-state index contributed by atoms with van der Waals surface area (Å²) in [7, 11) is 0. The second-order valence-electron chi connectivity index (χ2n) is 5.41. The predicted molar refractivity (Wildman–Crippen MR) is 122 cm³/mol. The Kier molecular flexibility index (Phi) is 7.65. The van der Waals surface area contributed by atoms with Crippen molar-refractivity contribution in [1.29, 1.82) is 0 Å². The van der Waals surface area contributed by atoms with Gasteiger partial charge in [0.2, 0.25) is 0 Å². The van der Waals surface area contributed by atoms with E-state index >= 15 is 0 Å². The molecule has 26 heavy (non-hydrogen) atoms. The lowest BCUT2D eigenvalue weighted by molar-refractivity contribution is 0.523. The minimum Gasteiger partial charge on any atom is -0.340 e. The Labute approximate surface area is 177 Å². The van der Waals surface area contributed by atoms with Crippen LogP contribution in [0.2, 0.25) is 0 Å². The fraction of sp³-hybridized carbons (Fsp3) is 0.182. The molecule has 4 heteroatoms. The van der Waals surface area contributed by atoms with Crippen molar-refractivity contribution in [1.82, 2.24) is 4.90 Å². The van der Waals surface area contributed by atoms with Crippen molar-refractivity contribution in [3.63, 3.8) is 0 Å². The third-order valence-corrected chi connectivity index (χ3v) is 5.59. The molecule has 0 aromatic heterocycles. The molecule has 136 valence electrons. The predicted octanol–water partition coefficient (Wildman–Crippen LogP) is 7.65. The van der Waals surface area contributed by atoms with E-state index in [1.165, 1.54) is 6.07 Å². The zero-order valence-electron chi connectivity index (χ0n) is 15.2. The van der Waals surface area contributed by atoms with Gasteiger partial charge in [-0.05, 0) is 69.2 Å². The standard InChI is InChI=1S/C20H16BrFIN.C2H6/c1-3-24-13(2)18(23)12-15(14-8-5-4-6-9-14)20(24)19-16(21)10-7-11-17(19)22;1-2/h4-12H,2-3H2,1H3;1-2H3. The monoisotopic (exact) mass is 525 g/mol. The molecule has 0 fully saturated rings. The van der Waals surface area contributed by atoms with Gasteiger partial charge in [0, 0.05) is 31.4 Å². The van der Waals surface area contributed by atoms with Crippen molar-refractivity contribution in [2.75, 3.05) is 6.54 Å². The largest absolute Gasteiger partial charge is 0.340 e. The average Bonchev–Trinajstić information content (AvgIpc) is 2.66. The van der Waals surface area contributed by atoms with Crippen molar-refractivity contribution in [2.45, 2.75) is 20.8 Å². The Hall–Kier alpha value is -1.40. The van der Waals surface area contributed by atoms with E-state index in [0.29, 0.717) is 12.1 Å². The van der Waals surface area contributed by atoms with Gasteiger partial charge in [-0.25, -0.2) is 4.39 Å². The molecule has 1 aliphatic heterocycles. The molecule has 1 nitrogen and oxygen atoms in total. The minimum atomic E-state index is -0.246. The Morgan fingerprint density at radius 1 is 1.08 bits per heavy atom. The van der Waals surface area contributed by atoms with Crippen LogP contribution in [-0.4, -0.2) is 11.4 Å². The van der Waals surface area contributed by atoms with Crippen LogP contribution in [0.1, 0.15) is 31.9 Å². The van der Waals surface area contributed by atoms with E-state index in [2.05, 4.69) is 63.0 Å². The van der Waals surface area contributed by atoms with Crippen LogP contribution in [0.15, 0.2) is 74.9 Å². The number of allylic oxidation sites excluding steroid dienone is 3. The van der Waals surface area contributed by atoms with Crippen LogP contribution in [0.4, 0.5) is 4.39 Å². The maximum absolute atomic E-state index is 14.7. The highest BCUT2D eigenvalue weighted by Crippen LogP contribution is 2.43. The zero-order chi connectivity index (χ0) is 19.3. The van der Waals surface area contributed by atoms with E-state index in [0.717, 1.165) is 30.6 Å². The number of rotatable bonds is 3. The Morgan fingerprint density at radius 2 is 1.73 bits per heavy atom. The molecule has 0 spiro atoms. The summed E-state index contributed by atoms with van der Waals surface area (Å²) in [5.41, 5.74) is 4.37. The SMILES string of the molecule is C=C1C(I)=CC(c2ccccc2)=C(c2c(F)cccc2Br)N1CC.CC. The van der Waals surface area contributed by atoms with E-state index in [1.54, 1.807) is 6.07 Å². The molecule has 0 bridgehead atoms. The highest BCUT2D eigenvalue weighted by Gasteiger charge is 2.27. The maximum atomic E-state index is 14.7. The van der Waals surface area contributed by atoms with Crippen molar-refractivity contribution in [3.05, 3.63) is 91.9 Å². The smallest absolute Gasteiger partial charge is 0.133 e. The van der Waals surface area contributed by atoms with Crippen LogP contribution < -0.4 is 0 Å². The summed E-state index contributed by atoms with van der Waals surface area (Å²) < 4.78 is 16.5. The molecule has 3 rings (SSSR count). The number of benzene rings is 2. The first-order valence-corrected chi connectivity index (χ1v) is 10.5. The molecule has 1 heterocycles. The first-order valence-electron chi connectivity index (χ1n) is 8.62. The number of halogens is 3. The Morgan fingerprint density at radius 3 is 2.31 bits per heavy atom. The van der Waals surface area contributed by atoms with Gasteiger partial charge in [-0.2, -0.15) is 0 Å². The lowest BCUT2D eigenvalue weighted by Crippen LogP contribution is -2.25. The van der Waals surface area contributed by atoms with Crippen LogP contribution in [0, 0.1) is 5.82 Å². The summed E-state index contributed by atoms with van der Waals surface area (Å²) >= 11 is 5.81. The first kappa shape index (κ1) is 20.9. The summed E-state index contributed by atoms with van der Waals surface area (Å²) in [5.74, 6) is -0.246. The van der Waals surface area contributed by atoms with E-state index in [-0.39, 0.29) is 5.82 Å². The molecule has 0 aliphatic carbocycles. The molecule has 0 radical (unpaired) electrons. The van der Waals surface area contributed by atoms with Gasteiger partial charge >= 0.3 is 0 Å². The summed E-state index contributed by atoms with van der Waals surface area (Å²) in [5, 5.41) is 0. The molecule has 0 saturated carbocycles. The first-order chi connectivity index (χ1) is 12.5. The molecule has 0 atom stereocenters. The molecule has 0 saturated heterocycles. The van der Waals surface area contributed by atoms with Gasteiger partial charge in [0.05, 0.1) is 5.70 Å². The van der Waals surface area contributed by atoms with Crippen molar-refractivity contribution in [3.8, 4) is 0 Å². The maximum Gasteiger partial charge on any atom is 0.133 e. The molecular formula is C22H22BrFIN. The third-order valence-electron chi connectivity index (χ3n) is 4.00. The van der Waals surface area contributed by atoms with Crippen molar-refractivity contribution < 1.29 is 4.39 Å². The van der Waals surface area contributed by atoms with Crippen molar-refractivity contribution in [2.24, 2.45) is 0 Å². The highest BCUT2D eigenvalue weighted by molar-refractivity contribution is 14.1. The van der Waals surface area contributed by atoms with E-state index in [1.807, 2.05) is 50.2 Å². The molecule has 2 aromatic rings. The second kappa shape index (κ2) is 9.51. The van der Waals surface area contributed by atoms with Crippen molar-refractivity contribution >= 4 is 49.8 Å². The van der Waals surface area contributed by atoms with Gasteiger partial charge in [0.25, 0.3) is 0 Å². The van der Waals surface area contributed by atoms with Crippen LogP contribution in [0.3, 0.4) is 0 Å². The Balaban J connectivity index is 0.00000117. The zero-order valence-corrected chi connectivity index (χ0v) is 18.9. The van der Waals surface area contributed by atoms with Crippen LogP contribution in [-0.2, 0) is 0 Å². The fourth-order valence-corrected chi connectivity index (χ4v) is 4.00. The fourth-order valence-electron chi connectivity index (χ4n) is 2.87. The molecule has 0 N–H and O–H groups in total. The lowest BCUT2D eigenvalue weighted by Gasteiger charge is -2.34. The number of likely N-dealkylation sites (N-methyl/N-ethyl adjacent to an activating group) is 1. The second-order valence-corrected chi connectivity index (χ2v) is 7.42. The Bertz CT molecular complexity index is 835. The molecule has 1 aliphatic rings. The highest BCUT2D eigenvalue weighted by atomic mass is 127. The molecule has 0 unspecified atom stereocenters. The van der Waals surface area contributed by atoms with E-state index in [9.17, 15) is 4.39 Å². The number of hydrogen-bond donors (Lipinski definition) is 0. The van der Waals surface area contributed by atoms with E-state index in [4.69, 9.17) is 0 Å². The summed E-state index contributed by atoms with van der Waals surface area (Å²) in [6, 6.07) is 15.1. The molecule has 0 amide bonds. The summed E-state index contributed by atoms with van der Waals surface area (Å²) in [6.45, 7) is 11.0. The molecular weight excluding hydrogens is 504 g/mol. The van der Waals surface area contributed by atoms with Crippen LogP contribution >= 0.6 is 38.5 Å². The molecule has 2 aromatic carbocycles. The normalized spacial score (nSPS) is 14.0. The lowest BCUT2D eigenvalue weighted by atomic mass is 9.94. The number of hydrogen-bond acceptors (Lipinski definition) is 1. The van der Waals surface area contributed by atoms with Gasteiger partial charge in [0.15, 0.2) is 0 Å². The van der Waals surface area contributed by atoms with Gasteiger partial charge in [-0.1, -0.05) is 56.8 Å². The number of nitrogens with zero attached hydrogens (tertiary/aromatic N) is 1. The summed E-state index contributed by atoms with van der Waals surface area (Å²) in [6.07, 6.45) is 2.08. The van der Waals surface area contributed by atoms with Gasteiger partial charge in [-0.15, -0.1) is 0 Å². The van der Waals surface area contributed by atoms with Crippen LogP contribution in [0.25, 0.3) is 11.3 Å². The van der Waals surface area contributed by atoms with Gasteiger partial charge in [0.1, 0.15) is 5.82 Å². The average molecular weight is 526 g/mol. The summed E-state index contributed by atoms with van der Waals surface area (Å²) in [4.78, 5) is 2.08. The van der Waals surface area contributed by atoms with Gasteiger partial charge in [-0.3, -0.25) is 0 Å². The van der Waals surface area contributed by atoms with Crippen LogP contribution in [0.5, 0.6) is 0 Å². The minimum absolute atomic E-state index is 0.246. The van der Waals surface area contributed by atoms with E-state index < -0.39 is 0 Å². The van der Waals surface area contributed by atoms with Gasteiger partial charge < -0.3 is 4.90 Å².